The average molecular weight is 413 g/mol. The van der Waals surface area contributed by atoms with Gasteiger partial charge in [0.15, 0.2) is 6.61 Å². The number of rotatable bonds is 5. The summed E-state index contributed by atoms with van der Waals surface area (Å²) in [5, 5.41) is 9.95. The molecule has 1 N–H and O–H groups in total. The number of benzene rings is 1. The van der Waals surface area contributed by atoms with Crippen LogP contribution in [0.15, 0.2) is 23.1 Å². The van der Waals surface area contributed by atoms with Crippen LogP contribution < -0.4 is 0 Å². The third kappa shape index (κ3) is 5.30. The van der Waals surface area contributed by atoms with E-state index in [1.165, 1.54) is 12.1 Å². The van der Waals surface area contributed by atoms with E-state index in [2.05, 4.69) is 0 Å². The number of aryl methyl sites for hydroxylation is 2. The van der Waals surface area contributed by atoms with Crippen LogP contribution in [0.5, 0.6) is 0 Å². The zero-order valence-corrected chi connectivity index (χ0v) is 17.6. The lowest BCUT2D eigenvalue weighted by Crippen LogP contribution is -2.42. The second-order valence-electron chi connectivity index (χ2n) is 7.92. The number of β-amino-alcohol motifs (C(OH)–C–C–N with tert-alkyl or cyclic N) is 1. The van der Waals surface area contributed by atoms with E-state index in [1.54, 1.807) is 33.8 Å². The van der Waals surface area contributed by atoms with Crippen LogP contribution in [0.3, 0.4) is 0 Å². The number of sulfonamides is 1. The fourth-order valence-corrected chi connectivity index (χ4v) is 4.58. The van der Waals surface area contributed by atoms with E-state index in [0.717, 1.165) is 15.4 Å². The minimum atomic E-state index is -4.02. The maximum absolute atomic E-state index is 13.0. The van der Waals surface area contributed by atoms with Crippen molar-refractivity contribution in [1.82, 2.24) is 4.31 Å². The maximum Gasteiger partial charge on any atom is 0.344 e. The molecule has 1 heterocycles. The lowest BCUT2D eigenvalue weighted by atomic mass is 10.1. The Kier molecular flexibility index (Phi) is 6.52. The Bertz CT molecular complexity index is 858. The molecule has 2 atom stereocenters. The number of esters is 2. The second-order valence-corrected chi connectivity index (χ2v) is 9.81. The predicted octanol–water partition coefficient (Wildman–Crippen LogP) is 1.31. The normalized spacial score (nSPS) is 20.8. The number of ether oxygens (including phenoxy) is 2. The molecule has 0 aliphatic carbocycles. The van der Waals surface area contributed by atoms with Crippen molar-refractivity contribution >= 4 is 22.0 Å². The summed E-state index contributed by atoms with van der Waals surface area (Å²) < 4.78 is 36.9. The van der Waals surface area contributed by atoms with Gasteiger partial charge in [-0.25, -0.2) is 13.2 Å². The molecular weight excluding hydrogens is 386 g/mol. The molecule has 0 saturated carbocycles. The standard InChI is InChI=1S/C19H27NO7S/c1-12-6-7-15(8-13(12)2)28(24,25)20-10-14(21)9-16(20)18(23)26-11-17(22)27-19(3,4)5/h6-8,14,16,21H,9-11H2,1-5H3/t14?,16-/m1/s1. The van der Waals surface area contributed by atoms with Crippen molar-refractivity contribution in [3.8, 4) is 0 Å². The summed E-state index contributed by atoms with van der Waals surface area (Å²) in [4.78, 5) is 24.2. The van der Waals surface area contributed by atoms with Crippen molar-refractivity contribution < 1.29 is 32.6 Å². The summed E-state index contributed by atoms with van der Waals surface area (Å²) in [6.45, 7) is 7.84. The first-order valence-electron chi connectivity index (χ1n) is 8.97. The Balaban J connectivity index is 2.16. The molecule has 0 amide bonds. The van der Waals surface area contributed by atoms with Crippen molar-refractivity contribution in [1.29, 1.82) is 0 Å². The second kappa shape index (κ2) is 8.18. The third-order valence-electron chi connectivity index (χ3n) is 4.34. The van der Waals surface area contributed by atoms with Gasteiger partial charge in [-0.3, -0.25) is 4.79 Å². The first kappa shape index (κ1) is 22.3. The number of hydrogen-bond acceptors (Lipinski definition) is 7. The molecule has 28 heavy (non-hydrogen) atoms. The number of aliphatic hydroxyl groups is 1. The topological polar surface area (TPSA) is 110 Å². The van der Waals surface area contributed by atoms with E-state index in [-0.39, 0.29) is 17.9 Å². The van der Waals surface area contributed by atoms with Crippen LogP contribution in [0.2, 0.25) is 0 Å². The van der Waals surface area contributed by atoms with Gasteiger partial charge in [0.05, 0.1) is 11.0 Å². The minimum Gasteiger partial charge on any atom is -0.457 e. The minimum absolute atomic E-state index is 0.0367. The predicted molar refractivity (Wildman–Crippen MR) is 101 cm³/mol. The molecule has 156 valence electrons. The van der Waals surface area contributed by atoms with E-state index in [9.17, 15) is 23.1 Å². The van der Waals surface area contributed by atoms with Crippen LogP contribution in [0.4, 0.5) is 0 Å². The highest BCUT2D eigenvalue weighted by atomic mass is 32.2. The smallest absolute Gasteiger partial charge is 0.344 e. The van der Waals surface area contributed by atoms with Crippen molar-refractivity contribution in [3.05, 3.63) is 29.3 Å². The van der Waals surface area contributed by atoms with Crippen LogP contribution in [0, 0.1) is 13.8 Å². The molecule has 1 aromatic rings. The van der Waals surface area contributed by atoms with Gasteiger partial charge in [-0.15, -0.1) is 0 Å². The van der Waals surface area contributed by atoms with Gasteiger partial charge >= 0.3 is 11.9 Å². The molecule has 1 aliphatic rings. The lowest BCUT2D eigenvalue weighted by Gasteiger charge is -2.23. The largest absolute Gasteiger partial charge is 0.457 e. The van der Waals surface area contributed by atoms with Gasteiger partial charge < -0.3 is 14.6 Å². The summed E-state index contributed by atoms with van der Waals surface area (Å²) in [6.07, 6.45) is -1.10. The lowest BCUT2D eigenvalue weighted by molar-refractivity contribution is -0.167. The molecule has 0 spiro atoms. The van der Waals surface area contributed by atoms with Crippen LogP contribution in [-0.2, 0) is 29.1 Å². The van der Waals surface area contributed by atoms with E-state index in [0.29, 0.717) is 0 Å². The molecule has 9 heteroatoms. The molecule has 1 aromatic carbocycles. The Labute approximate surface area is 165 Å². The number of nitrogens with zero attached hydrogens (tertiary/aromatic N) is 1. The average Bonchev–Trinajstić information content (AvgIpc) is 2.96. The van der Waals surface area contributed by atoms with Crippen molar-refractivity contribution in [2.75, 3.05) is 13.2 Å². The highest BCUT2D eigenvalue weighted by Crippen LogP contribution is 2.28. The highest BCUT2D eigenvalue weighted by molar-refractivity contribution is 7.89. The molecule has 1 saturated heterocycles. The molecule has 1 aliphatic heterocycles. The van der Waals surface area contributed by atoms with Crippen LogP contribution in [-0.4, -0.2) is 60.7 Å². The molecule has 1 unspecified atom stereocenters. The molecule has 0 bridgehead atoms. The SMILES string of the molecule is Cc1ccc(S(=O)(=O)N2CC(O)C[C@@H]2C(=O)OCC(=O)OC(C)(C)C)cc1C. The fraction of sp³-hybridized carbons (Fsp3) is 0.579. The Morgan fingerprint density at radius 3 is 2.43 bits per heavy atom. The zero-order chi connectivity index (χ0) is 21.3. The maximum atomic E-state index is 13.0. The summed E-state index contributed by atoms with van der Waals surface area (Å²) in [5.74, 6) is -1.63. The van der Waals surface area contributed by atoms with Crippen LogP contribution in [0.1, 0.15) is 38.3 Å². The first-order valence-corrected chi connectivity index (χ1v) is 10.4. The molecule has 0 aromatic heterocycles. The zero-order valence-electron chi connectivity index (χ0n) is 16.8. The van der Waals surface area contributed by atoms with Gasteiger partial charge in [-0.05, 0) is 57.9 Å². The van der Waals surface area contributed by atoms with E-state index < -0.39 is 46.3 Å². The Hall–Kier alpha value is -1.97. The molecule has 2 rings (SSSR count). The molecule has 0 radical (unpaired) electrons. The summed E-state index contributed by atoms with van der Waals surface area (Å²) in [5.41, 5.74) is 1.00. The van der Waals surface area contributed by atoms with Crippen LogP contribution >= 0.6 is 0 Å². The van der Waals surface area contributed by atoms with Crippen molar-refractivity contribution in [2.45, 2.75) is 63.7 Å². The highest BCUT2D eigenvalue weighted by Gasteiger charge is 2.44. The fourth-order valence-electron chi connectivity index (χ4n) is 2.87. The van der Waals surface area contributed by atoms with Gasteiger partial charge in [0.25, 0.3) is 0 Å². The Morgan fingerprint density at radius 1 is 1.21 bits per heavy atom. The third-order valence-corrected chi connectivity index (χ3v) is 6.21. The summed E-state index contributed by atoms with van der Waals surface area (Å²) >= 11 is 0. The molecular formula is C19H27NO7S. The number of hydrogen-bond donors (Lipinski definition) is 1. The molecule has 8 nitrogen and oxygen atoms in total. The van der Waals surface area contributed by atoms with Gasteiger partial charge in [-0.2, -0.15) is 4.31 Å². The van der Waals surface area contributed by atoms with Crippen molar-refractivity contribution in [3.63, 3.8) is 0 Å². The van der Waals surface area contributed by atoms with Gasteiger partial charge in [-0.1, -0.05) is 6.07 Å². The number of carbonyl (C=O) groups excluding carboxylic acids is 2. The van der Waals surface area contributed by atoms with E-state index in [1.807, 2.05) is 6.92 Å². The van der Waals surface area contributed by atoms with E-state index in [4.69, 9.17) is 9.47 Å². The monoisotopic (exact) mass is 413 g/mol. The van der Waals surface area contributed by atoms with E-state index >= 15 is 0 Å². The quantitative estimate of drug-likeness (QED) is 0.725. The van der Waals surface area contributed by atoms with Gasteiger partial charge in [0, 0.05) is 13.0 Å². The number of aliphatic hydroxyl groups excluding tert-OH is 1. The summed E-state index contributed by atoms with van der Waals surface area (Å²) in [6, 6.07) is 3.47. The van der Waals surface area contributed by atoms with Gasteiger partial charge in [0.1, 0.15) is 11.6 Å². The van der Waals surface area contributed by atoms with Gasteiger partial charge in [0.2, 0.25) is 10.0 Å². The first-order chi connectivity index (χ1) is 12.8. The van der Waals surface area contributed by atoms with Crippen LogP contribution in [0.25, 0.3) is 0 Å². The number of carbonyl (C=O) groups is 2. The Morgan fingerprint density at radius 2 is 1.86 bits per heavy atom. The summed E-state index contributed by atoms with van der Waals surface area (Å²) in [7, 11) is -4.02. The molecule has 1 fully saturated rings. The van der Waals surface area contributed by atoms with Crippen molar-refractivity contribution in [2.24, 2.45) is 0 Å².